The van der Waals surface area contributed by atoms with Crippen molar-refractivity contribution < 1.29 is 0 Å². The van der Waals surface area contributed by atoms with E-state index in [-0.39, 0.29) is 0 Å². The van der Waals surface area contributed by atoms with Gasteiger partial charge in [-0.1, -0.05) is 79.4 Å². The molecule has 0 spiro atoms. The molecule has 0 radical (unpaired) electrons. The van der Waals surface area contributed by atoms with Crippen molar-refractivity contribution >= 4 is 11.8 Å². The van der Waals surface area contributed by atoms with Gasteiger partial charge in [-0.3, -0.25) is 0 Å². The van der Waals surface area contributed by atoms with Gasteiger partial charge in [-0.25, -0.2) is 0 Å². The summed E-state index contributed by atoms with van der Waals surface area (Å²) in [4.78, 5) is 1.54. The molecule has 0 fully saturated rings. The second-order valence-electron chi connectivity index (χ2n) is 6.83. The lowest BCUT2D eigenvalue weighted by molar-refractivity contribution is 0.590. The average molecular weight is 337 g/mol. The van der Waals surface area contributed by atoms with E-state index in [2.05, 4.69) is 80.2 Å². The number of thioether (sulfide) groups is 1. The maximum atomic E-state index is 2.35. The minimum absolute atomic E-state index is 0.584. The fourth-order valence-corrected chi connectivity index (χ4v) is 4.58. The van der Waals surface area contributed by atoms with Gasteiger partial charge in [-0.05, 0) is 54.0 Å². The molecular weight excluding hydrogens is 308 g/mol. The lowest BCUT2D eigenvalue weighted by atomic mass is 9.86. The highest BCUT2D eigenvalue weighted by molar-refractivity contribution is 8.03. The molecule has 0 aliphatic carbocycles. The summed E-state index contributed by atoms with van der Waals surface area (Å²) in [6.45, 7) is 4.66. The standard InChI is InChI=1S/C23H28S/c1-18-19(2)24-17-9-4-3-8-12-23(18)22-15-13-21(14-16-22)20-10-6-5-7-11-20/h5-7,10-11,13-16,23H,3-4,8-9,12,17H2,1-2H3/b19-18+. The van der Waals surface area contributed by atoms with Gasteiger partial charge in [0.15, 0.2) is 0 Å². The van der Waals surface area contributed by atoms with Gasteiger partial charge in [0.05, 0.1) is 0 Å². The topological polar surface area (TPSA) is 0 Å². The molecule has 1 heterocycles. The average Bonchev–Trinajstić information content (AvgIpc) is 2.64. The zero-order valence-corrected chi connectivity index (χ0v) is 15.7. The highest BCUT2D eigenvalue weighted by atomic mass is 32.2. The summed E-state index contributed by atoms with van der Waals surface area (Å²) >= 11 is 2.06. The summed E-state index contributed by atoms with van der Waals surface area (Å²) in [5.74, 6) is 1.86. The second kappa shape index (κ2) is 8.58. The highest BCUT2D eigenvalue weighted by Gasteiger charge is 2.17. The lowest BCUT2D eigenvalue weighted by Crippen LogP contribution is -2.04. The van der Waals surface area contributed by atoms with Gasteiger partial charge in [-0.2, -0.15) is 0 Å². The Kier molecular flexibility index (Phi) is 6.20. The molecule has 3 rings (SSSR count). The highest BCUT2D eigenvalue weighted by Crippen LogP contribution is 2.36. The van der Waals surface area contributed by atoms with Crippen molar-refractivity contribution in [3.8, 4) is 11.1 Å². The van der Waals surface area contributed by atoms with Crippen LogP contribution in [0.25, 0.3) is 11.1 Å². The van der Waals surface area contributed by atoms with Crippen LogP contribution in [0.1, 0.15) is 57.4 Å². The first-order chi connectivity index (χ1) is 11.8. The maximum Gasteiger partial charge on any atom is 0.00561 e. The van der Waals surface area contributed by atoms with Crippen LogP contribution >= 0.6 is 11.8 Å². The third-order valence-electron chi connectivity index (χ3n) is 5.20. The van der Waals surface area contributed by atoms with Crippen LogP contribution in [0.4, 0.5) is 0 Å². The van der Waals surface area contributed by atoms with Crippen LogP contribution in [-0.2, 0) is 0 Å². The summed E-state index contributed by atoms with van der Waals surface area (Å²) in [5, 5.41) is 0. The van der Waals surface area contributed by atoms with Crippen molar-refractivity contribution in [3.63, 3.8) is 0 Å². The van der Waals surface area contributed by atoms with E-state index in [1.165, 1.54) is 59.5 Å². The minimum atomic E-state index is 0.584. The van der Waals surface area contributed by atoms with Crippen molar-refractivity contribution in [1.82, 2.24) is 0 Å². The predicted molar refractivity (Wildman–Crippen MR) is 109 cm³/mol. The predicted octanol–water partition coefficient (Wildman–Crippen LogP) is 7.43. The van der Waals surface area contributed by atoms with Crippen LogP contribution in [0.15, 0.2) is 65.1 Å². The Bertz CT molecular complexity index is 667. The largest absolute Gasteiger partial charge is 0.131 e. The summed E-state index contributed by atoms with van der Waals surface area (Å²) in [6.07, 6.45) is 6.77. The van der Waals surface area contributed by atoms with Crippen molar-refractivity contribution in [3.05, 3.63) is 70.6 Å². The Morgan fingerprint density at radius 3 is 2.17 bits per heavy atom. The summed E-state index contributed by atoms with van der Waals surface area (Å²) < 4.78 is 0. The van der Waals surface area contributed by atoms with Crippen LogP contribution in [0, 0.1) is 0 Å². The van der Waals surface area contributed by atoms with E-state index in [1.54, 1.807) is 5.57 Å². The van der Waals surface area contributed by atoms with Crippen molar-refractivity contribution in [2.45, 2.75) is 51.9 Å². The Hall–Kier alpha value is -1.47. The van der Waals surface area contributed by atoms with Gasteiger partial charge in [0, 0.05) is 5.92 Å². The zero-order chi connectivity index (χ0) is 16.8. The smallest absolute Gasteiger partial charge is 0.00561 e. The SMILES string of the molecule is C/C1=C(/C)C(c2ccc(-c3ccccc3)cc2)CCCCCCS1. The molecule has 1 aliphatic heterocycles. The number of benzene rings is 2. The molecule has 0 N–H and O–H groups in total. The first-order valence-electron chi connectivity index (χ1n) is 9.21. The first kappa shape index (κ1) is 17.4. The van der Waals surface area contributed by atoms with Gasteiger partial charge in [0.2, 0.25) is 0 Å². The quantitative estimate of drug-likeness (QED) is 0.549. The molecule has 1 heteroatoms. The number of allylic oxidation sites excluding steroid dienone is 2. The number of hydrogen-bond acceptors (Lipinski definition) is 1. The third kappa shape index (κ3) is 4.33. The van der Waals surface area contributed by atoms with E-state index in [9.17, 15) is 0 Å². The minimum Gasteiger partial charge on any atom is -0.131 e. The Labute approximate surface area is 151 Å². The second-order valence-corrected chi connectivity index (χ2v) is 8.14. The van der Waals surface area contributed by atoms with E-state index in [1.807, 2.05) is 0 Å². The molecule has 24 heavy (non-hydrogen) atoms. The van der Waals surface area contributed by atoms with Gasteiger partial charge < -0.3 is 0 Å². The normalized spacial score (nSPS) is 23.0. The number of hydrogen-bond donors (Lipinski definition) is 0. The monoisotopic (exact) mass is 336 g/mol. The molecule has 0 saturated heterocycles. The molecule has 1 aliphatic rings. The third-order valence-corrected chi connectivity index (χ3v) is 6.45. The summed E-state index contributed by atoms with van der Waals surface area (Å²) in [7, 11) is 0. The summed E-state index contributed by atoms with van der Waals surface area (Å²) in [5.41, 5.74) is 5.67. The fourth-order valence-electron chi connectivity index (χ4n) is 3.56. The van der Waals surface area contributed by atoms with Gasteiger partial charge in [0.1, 0.15) is 0 Å². The van der Waals surface area contributed by atoms with Crippen molar-refractivity contribution in [2.24, 2.45) is 0 Å². The van der Waals surface area contributed by atoms with E-state index < -0.39 is 0 Å². The van der Waals surface area contributed by atoms with E-state index in [0.29, 0.717) is 5.92 Å². The molecule has 0 nitrogen and oxygen atoms in total. The zero-order valence-electron chi connectivity index (χ0n) is 14.9. The maximum absolute atomic E-state index is 2.35. The summed E-state index contributed by atoms with van der Waals surface area (Å²) in [6, 6.07) is 19.9. The van der Waals surface area contributed by atoms with Gasteiger partial charge in [0.25, 0.3) is 0 Å². The Morgan fingerprint density at radius 1 is 0.750 bits per heavy atom. The lowest BCUT2D eigenvalue weighted by Gasteiger charge is -2.22. The Balaban J connectivity index is 1.86. The number of rotatable bonds is 2. The van der Waals surface area contributed by atoms with Crippen LogP contribution in [0.3, 0.4) is 0 Å². The van der Waals surface area contributed by atoms with Gasteiger partial charge >= 0.3 is 0 Å². The fraction of sp³-hybridized carbons (Fsp3) is 0.391. The van der Waals surface area contributed by atoms with Gasteiger partial charge in [-0.15, -0.1) is 11.8 Å². The molecule has 126 valence electrons. The van der Waals surface area contributed by atoms with Crippen LogP contribution in [0.5, 0.6) is 0 Å². The van der Waals surface area contributed by atoms with E-state index in [4.69, 9.17) is 0 Å². The molecule has 2 aromatic carbocycles. The molecule has 0 amide bonds. The molecular formula is C23H28S. The van der Waals surface area contributed by atoms with Crippen molar-refractivity contribution in [2.75, 3.05) is 5.75 Å². The van der Waals surface area contributed by atoms with Crippen LogP contribution in [0.2, 0.25) is 0 Å². The molecule has 1 unspecified atom stereocenters. The van der Waals surface area contributed by atoms with Crippen LogP contribution < -0.4 is 0 Å². The first-order valence-corrected chi connectivity index (χ1v) is 10.2. The Morgan fingerprint density at radius 2 is 1.42 bits per heavy atom. The van der Waals surface area contributed by atoms with Crippen LogP contribution in [-0.4, -0.2) is 5.75 Å². The molecule has 1 atom stereocenters. The molecule has 0 aromatic heterocycles. The molecule has 0 bridgehead atoms. The van der Waals surface area contributed by atoms with E-state index >= 15 is 0 Å². The van der Waals surface area contributed by atoms with E-state index in [0.717, 1.165) is 0 Å². The van der Waals surface area contributed by atoms with Crippen molar-refractivity contribution in [1.29, 1.82) is 0 Å². The molecule has 0 saturated carbocycles. The molecule has 2 aromatic rings.